The highest BCUT2D eigenvalue weighted by atomic mass is 79.9. The quantitative estimate of drug-likeness (QED) is 0.496. The highest BCUT2D eigenvalue weighted by Crippen LogP contribution is 2.35. The normalized spacial score (nSPS) is 11.6. The molecule has 0 saturated heterocycles. The van der Waals surface area contributed by atoms with Gasteiger partial charge in [0.15, 0.2) is 0 Å². The molecule has 0 fully saturated rings. The first kappa shape index (κ1) is 17.8. The maximum absolute atomic E-state index is 6.54. The van der Waals surface area contributed by atoms with Crippen molar-refractivity contribution >= 4 is 50.0 Å². The zero-order valence-electron chi connectivity index (χ0n) is 13.7. The Morgan fingerprint density at radius 1 is 1.04 bits per heavy atom. The van der Waals surface area contributed by atoms with Crippen LogP contribution in [0.1, 0.15) is 11.1 Å². The lowest BCUT2D eigenvalue weighted by atomic mass is 10.1. The molecule has 3 aromatic rings. The van der Waals surface area contributed by atoms with Crippen molar-refractivity contribution in [2.24, 2.45) is 0 Å². The third-order valence-corrected chi connectivity index (χ3v) is 5.71. The van der Waals surface area contributed by atoms with Crippen LogP contribution >= 0.6 is 39.1 Å². The standard InChI is InChI=1S/C19H19BrCl2N2/c1-23(2)10-9-13-11-24(12-14-5-3-4-6-16(14)20)19-15(13)7-8-17(21)18(19)22/h3-8,11H,9-10,12H2,1-2H3. The van der Waals surface area contributed by atoms with Crippen molar-refractivity contribution in [1.29, 1.82) is 0 Å². The van der Waals surface area contributed by atoms with Crippen LogP contribution in [0.5, 0.6) is 0 Å². The summed E-state index contributed by atoms with van der Waals surface area (Å²) in [5, 5.41) is 2.39. The Morgan fingerprint density at radius 2 is 1.79 bits per heavy atom. The second-order valence-electron chi connectivity index (χ2n) is 6.18. The summed E-state index contributed by atoms with van der Waals surface area (Å²) in [5.74, 6) is 0. The summed E-state index contributed by atoms with van der Waals surface area (Å²) in [6, 6.07) is 12.2. The predicted molar refractivity (Wildman–Crippen MR) is 107 cm³/mol. The molecule has 5 heteroatoms. The van der Waals surface area contributed by atoms with Crippen LogP contribution in [0, 0.1) is 0 Å². The molecule has 0 amide bonds. The van der Waals surface area contributed by atoms with Crippen LogP contribution in [0.15, 0.2) is 47.1 Å². The number of nitrogens with zero attached hydrogens (tertiary/aromatic N) is 2. The van der Waals surface area contributed by atoms with E-state index in [9.17, 15) is 0 Å². The van der Waals surface area contributed by atoms with Crippen molar-refractivity contribution in [3.8, 4) is 0 Å². The Kier molecular flexibility index (Phi) is 5.56. The largest absolute Gasteiger partial charge is 0.341 e. The van der Waals surface area contributed by atoms with Gasteiger partial charge in [-0.2, -0.15) is 0 Å². The molecule has 0 bridgehead atoms. The van der Waals surface area contributed by atoms with Crippen LogP contribution in [0.25, 0.3) is 10.9 Å². The second-order valence-corrected chi connectivity index (χ2v) is 7.82. The molecule has 0 radical (unpaired) electrons. The van der Waals surface area contributed by atoms with Gasteiger partial charge in [0.05, 0.1) is 15.6 Å². The van der Waals surface area contributed by atoms with Gasteiger partial charge in [0.2, 0.25) is 0 Å². The van der Waals surface area contributed by atoms with Crippen molar-refractivity contribution in [2.45, 2.75) is 13.0 Å². The minimum atomic E-state index is 0.592. The van der Waals surface area contributed by atoms with E-state index in [-0.39, 0.29) is 0 Å². The topological polar surface area (TPSA) is 8.17 Å². The third-order valence-electron chi connectivity index (χ3n) is 4.14. The molecule has 0 N–H and O–H groups in total. The van der Waals surface area contributed by atoms with Gasteiger partial charge in [-0.1, -0.05) is 63.4 Å². The van der Waals surface area contributed by atoms with Crippen LogP contribution in [0.3, 0.4) is 0 Å². The molecule has 0 atom stereocenters. The SMILES string of the molecule is CN(C)CCc1cn(Cc2ccccc2Br)c2c(Cl)c(Cl)ccc12. The number of aromatic nitrogens is 1. The van der Waals surface area contributed by atoms with E-state index in [0.29, 0.717) is 10.0 Å². The van der Waals surface area contributed by atoms with Crippen LogP contribution < -0.4 is 0 Å². The average molecular weight is 426 g/mol. The maximum atomic E-state index is 6.54. The smallest absolute Gasteiger partial charge is 0.0835 e. The number of hydrogen-bond donors (Lipinski definition) is 0. The Hall–Kier alpha value is -1.000. The van der Waals surface area contributed by atoms with Gasteiger partial charge in [-0.25, -0.2) is 0 Å². The van der Waals surface area contributed by atoms with E-state index >= 15 is 0 Å². The molecule has 126 valence electrons. The molecule has 0 unspecified atom stereocenters. The van der Waals surface area contributed by atoms with Crippen molar-refractivity contribution in [3.63, 3.8) is 0 Å². The van der Waals surface area contributed by atoms with Crippen LogP contribution in [-0.4, -0.2) is 30.1 Å². The summed E-state index contributed by atoms with van der Waals surface area (Å²) < 4.78 is 3.30. The van der Waals surface area contributed by atoms with Gasteiger partial charge in [0.1, 0.15) is 0 Å². The Labute approximate surface area is 161 Å². The van der Waals surface area contributed by atoms with E-state index in [1.165, 1.54) is 16.5 Å². The molecular formula is C19H19BrCl2N2. The minimum absolute atomic E-state index is 0.592. The van der Waals surface area contributed by atoms with Crippen LogP contribution in [0.2, 0.25) is 10.0 Å². The highest BCUT2D eigenvalue weighted by Gasteiger charge is 2.15. The van der Waals surface area contributed by atoms with Gasteiger partial charge in [-0.3, -0.25) is 0 Å². The van der Waals surface area contributed by atoms with Gasteiger partial charge in [0.25, 0.3) is 0 Å². The number of rotatable bonds is 5. The zero-order chi connectivity index (χ0) is 17.3. The molecule has 24 heavy (non-hydrogen) atoms. The molecular weight excluding hydrogens is 407 g/mol. The summed E-state index contributed by atoms with van der Waals surface area (Å²) in [7, 11) is 4.17. The molecule has 2 aromatic carbocycles. The fourth-order valence-corrected chi connectivity index (χ4v) is 3.72. The molecule has 1 aromatic heterocycles. The second kappa shape index (κ2) is 7.49. The van der Waals surface area contributed by atoms with Crippen LogP contribution in [0.4, 0.5) is 0 Å². The molecule has 2 nitrogen and oxygen atoms in total. The van der Waals surface area contributed by atoms with Crippen molar-refractivity contribution in [2.75, 3.05) is 20.6 Å². The number of likely N-dealkylation sites (N-methyl/N-ethyl adjacent to an activating group) is 1. The summed E-state index contributed by atoms with van der Waals surface area (Å²) in [6.07, 6.45) is 3.18. The fourth-order valence-electron chi connectivity index (χ4n) is 2.88. The Morgan fingerprint density at radius 3 is 2.50 bits per heavy atom. The number of halogens is 3. The zero-order valence-corrected chi connectivity index (χ0v) is 16.8. The molecule has 0 aliphatic rings. The van der Waals surface area contributed by atoms with E-state index in [4.69, 9.17) is 23.2 Å². The highest BCUT2D eigenvalue weighted by molar-refractivity contribution is 9.10. The average Bonchev–Trinajstić information content (AvgIpc) is 2.89. The molecule has 1 heterocycles. The number of hydrogen-bond acceptors (Lipinski definition) is 1. The van der Waals surface area contributed by atoms with Gasteiger partial charge < -0.3 is 9.47 Å². The predicted octanol–water partition coefficient (Wildman–Crippen LogP) is 5.86. The summed E-state index contributed by atoms with van der Waals surface area (Å²) in [6.45, 7) is 1.74. The van der Waals surface area contributed by atoms with Crippen molar-refractivity contribution < 1.29 is 0 Å². The molecule has 0 spiro atoms. The summed E-state index contributed by atoms with van der Waals surface area (Å²) in [4.78, 5) is 2.19. The van der Waals surface area contributed by atoms with Crippen molar-refractivity contribution in [3.05, 3.63) is 68.2 Å². The van der Waals surface area contributed by atoms with Gasteiger partial charge >= 0.3 is 0 Å². The van der Waals surface area contributed by atoms with Crippen molar-refractivity contribution in [1.82, 2.24) is 9.47 Å². The van der Waals surface area contributed by atoms with Gasteiger partial charge in [-0.15, -0.1) is 0 Å². The van der Waals surface area contributed by atoms with E-state index in [1.807, 2.05) is 18.2 Å². The first-order valence-electron chi connectivity index (χ1n) is 7.81. The van der Waals surface area contributed by atoms with E-state index < -0.39 is 0 Å². The van der Waals surface area contributed by atoms with E-state index in [1.54, 1.807) is 0 Å². The third kappa shape index (κ3) is 3.65. The first-order chi connectivity index (χ1) is 11.5. The van der Waals surface area contributed by atoms with Crippen LogP contribution in [-0.2, 0) is 13.0 Å². The lowest BCUT2D eigenvalue weighted by molar-refractivity contribution is 0.414. The fraction of sp³-hybridized carbons (Fsp3) is 0.263. The molecule has 3 rings (SSSR count). The Balaban J connectivity index is 2.09. The molecule has 0 aliphatic carbocycles. The Bertz CT molecular complexity index is 871. The van der Waals surface area contributed by atoms with E-state index in [2.05, 4.69) is 63.9 Å². The van der Waals surface area contributed by atoms with Gasteiger partial charge in [0, 0.05) is 29.1 Å². The minimum Gasteiger partial charge on any atom is -0.341 e. The lowest BCUT2D eigenvalue weighted by Gasteiger charge is -2.09. The maximum Gasteiger partial charge on any atom is 0.0835 e. The number of benzene rings is 2. The first-order valence-corrected chi connectivity index (χ1v) is 9.36. The lowest BCUT2D eigenvalue weighted by Crippen LogP contribution is -2.14. The molecule has 0 saturated carbocycles. The summed E-state index contributed by atoms with van der Waals surface area (Å²) >= 11 is 16.4. The van der Waals surface area contributed by atoms with E-state index in [0.717, 1.165) is 29.5 Å². The number of fused-ring (bicyclic) bond motifs is 1. The summed E-state index contributed by atoms with van der Waals surface area (Å²) in [5.41, 5.74) is 3.52. The monoisotopic (exact) mass is 424 g/mol. The molecule has 0 aliphatic heterocycles. The van der Waals surface area contributed by atoms with Gasteiger partial charge in [-0.05, 0) is 43.8 Å².